The third kappa shape index (κ3) is 3.52. The van der Waals surface area contributed by atoms with Crippen molar-refractivity contribution in [2.75, 3.05) is 31.1 Å². The Morgan fingerprint density at radius 2 is 2.00 bits per heavy atom. The largest absolute Gasteiger partial charge is 0.481 e. The lowest BCUT2D eigenvalue weighted by Crippen LogP contribution is -2.48. The van der Waals surface area contributed by atoms with Crippen LogP contribution in [0.5, 0.6) is 0 Å². The number of carbonyl (C=O) groups excluding carboxylic acids is 1. The minimum atomic E-state index is -0.800. The number of carboxylic acids is 1. The monoisotopic (exact) mass is 343 g/mol. The van der Waals surface area contributed by atoms with E-state index >= 15 is 0 Å². The van der Waals surface area contributed by atoms with Gasteiger partial charge < -0.3 is 14.9 Å². The van der Waals surface area contributed by atoms with Crippen LogP contribution in [0.4, 0.5) is 5.82 Å². The molecule has 0 aromatic carbocycles. The summed E-state index contributed by atoms with van der Waals surface area (Å²) >= 11 is 0. The SMILES string of the molecule is C=CCC1(C(=O)O)CCCN(c2ccc(C(=O)N3CCCC3)cn2)C1. The molecular weight excluding hydrogens is 318 g/mol. The molecule has 6 heteroatoms. The first kappa shape index (κ1) is 17.5. The fraction of sp³-hybridized carbons (Fsp3) is 0.526. The quantitative estimate of drug-likeness (QED) is 0.832. The van der Waals surface area contributed by atoms with Crippen LogP contribution in [0.3, 0.4) is 0 Å². The Labute approximate surface area is 148 Å². The lowest BCUT2D eigenvalue weighted by atomic mass is 9.77. The van der Waals surface area contributed by atoms with E-state index in [1.165, 1.54) is 0 Å². The van der Waals surface area contributed by atoms with E-state index in [-0.39, 0.29) is 5.91 Å². The van der Waals surface area contributed by atoms with Crippen LogP contribution in [0.1, 0.15) is 42.5 Å². The van der Waals surface area contributed by atoms with Crippen molar-refractivity contribution in [2.45, 2.75) is 32.1 Å². The number of pyridine rings is 1. The van der Waals surface area contributed by atoms with Crippen molar-refractivity contribution in [3.8, 4) is 0 Å². The molecule has 1 aromatic heterocycles. The van der Waals surface area contributed by atoms with Crippen LogP contribution in [-0.2, 0) is 4.79 Å². The number of rotatable bonds is 5. The molecule has 1 aromatic rings. The third-order valence-electron chi connectivity index (χ3n) is 5.28. The molecular formula is C19H25N3O3. The van der Waals surface area contributed by atoms with Crippen molar-refractivity contribution in [3.05, 3.63) is 36.5 Å². The maximum Gasteiger partial charge on any atom is 0.311 e. The number of anilines is 1. The van der Waals surface area contributed by atoms with Gasteiger partial charge in [0.25, 0.3) is 5.91 Å². The molecule has 25 heavy (non-hydrogen) atoms. The molecule has 3 rings (SSSR count). The van der Waals surface area contributed by atoms with Gasteiger partial charge in [-0.2, -0.15) is 0 Å². The minimum Gasteiger partial charge on any atom is -0.481 e. The summed E-state index contributed by atoms with van der Waals surface area (Å²) in [6.07, 6.45) is 7.32. The summed E-state index contributed by atoms with van der Waals surface area (Å²) in [4.78, 5) is 32.5. The van der Waals surface area contributed by atoms with Gasteiger partial charge in [0.1, 0.15) is 5.82 Å². The summed E-state index contributed by atoms with van der Waals surface area (Å²) in [6, 6.07) is 3.63. The van der Waals surface area contributed by atoms with E-state index in [0.717, 1.165) is 44.7 Å². The van der Waals surface area contributed by atoms with E-state index in [1.54, 1.807) is 18.3 Å². The van der Waals surface area contributed by atoms with Crippen molar-refractivity contribution in [3.63, 3.8) is 0 Å². The van der Waals surface area contributed by atoms with E-state index < -0.39 is 11.4 Å². The molecule has 3 heterocycles. The van der Waals surface area contributed by atoms with E-state index in [0.29, 0.717) is 24.9 Å². The molecule has 1 unspecified atom stereocenters. The zero-order valence-electron chi connectivity index (χ0n) is 14.5. The molecule has 2 saturated heterocycles. The molecule has 0 spiro atoms. The van der Waals surface area contributed by atoms with Gasteiger partial charge >= 0.3 is 5.97 Å². The Balaban J connectivity index is 1.74. The number of amides is 1. The number of carbonyl (C=O) groups is 2. The standard InChI is InChI=1S/C19H25N3O3/c1-2-8-19(18(24)25)9-5-12-22(14-19)16-7-6-15(13-20-16)17(23)21-10-3-4-11-21/h2,6-7,13H,1,3-5,8-12,14H2,(H,24,25). The predicted molar refractivity (Wildman–Crippen MR) is 95.7 cm³/mol. The predicted octanol–water partition coefficient (Wildman–Crippen LogP) is 2.56. The first-order valence-electron chi connectivity index (χ1n) is 8.90. The molecule has 2 aliphatic rings. The fourth-order valence-electron chi connectivity index (χ4n) is 3.83. The molecule has 0 radical (unpaired) electrons. The average molecular weight is 343 g/mol. The maximum atomic E-state index is 12.4. The summed E-state index contributed by atoms with van der Waals surface area (Å²) in [5.74, 6) is -0.0213. The number of allylic oxidation sites excluding steroid dienone is 1. The summed E-state index contributed by atoms with van der Waals surface area (Å²) in [5.41, 5.74) is -0.204. The van der Waals surface area contributed by atoms with Gasteiger partial charge in [0, 0.05) is 32.4 Å². The number of piperidine rings is 1. The van der Waals surface area contributed by atoms with E-state index in [1.807, 2.05) is 15.9 Å². The van der Waals surface area contributed by atoms with Gasteiger partial charge in [-0.3, -0.25) is 9.59 Å². The molecule has 0 aliphatic carbocycles. The van der Waals surface area contributed by atoms with Crippen LogP contribution in [0, 0.1) is 5.41 Å². The highest BCUT2D eigenvalue weighted by molar-refractivity contribution is 5.94. The summed E-state index contributed by atoms with van der Waals surface area (Å²) in [7, 11) is 0. The normalized spacial score (nSPS) is 23.5. The highest BCUT2D eigenvalue weighted by Crippen LogP contribution is 2.35. The maximum absolute atomic E-state index is 12.4. The number of hydrogen-bond donors (Lipinski definition) is 1. The van der Waals surface area contributed by atoms with E-state index in [4.69, 9.17) is 0 Å². The highest BCUT2D eigenvalue weighted by atomic mass is 16.4. The van der Waals surface area contributed by atoms with Gasteiger partial charge in [-0.25, -0.2) is 4.98 Å². The molecule has 134 valence electrons. The van der Waals surface area contributed by atoms with Crippen LogP contribution in [0.15, 0.2) is 31.0 Å². The molecule has 2 fully saturated rings. The van der Waals surface area contributed by atoms with Crippen molar-refractivity contribution in [1.29, 1.82) is 0 Å². The lowest BCUT2D eigenvalue weighted by molar-refractivity contribution is -0.149. The lowest BCUT2D eigenvalue weighted by Gasteiger charge is -2.40. The Hall–Kier alpha value is -2.37. The Kier molecular flexibility index (Phi) is 5.06. The van der Waals surface area contributed by atoms with Crippen LogP contribution >= 0.6 is 0 Å². The zero-order valence-corrected chi connectivity index (χ0v) is 14.5. The number of carboxylic acid groups (broad SMARTS) is 1. The summed E-state index contributed by atoms with van der Waals surface area (Å²) in [6.45, 7) is 6.53. The first-order valence-corrected chi connectivity index (χ1v) is 8.90. The second-order valence-corrected chi connectivity index (χ2v) is 7.01. The van der Waals surface area contributed by atoms with Crippen LogP contribution in [0.2, 0.25) is 0 Å². The third-order valence-corrected chi connectivity index (χ3v) is 5.28. The molecule has 2 aliphatic heterocycles. The number of aromatic nitrogens is 1. The number of aliphatic carboxylic acids is 1. The second kappa shape index (κ2) is 7.25. The second-order valence-electron chi connectivity index (χ2n) is 7.01. The van der Waals surface area contributed by atoms with Crippen LogP contribution < -0.4 is 4.90 Å². The Bertz CT molecular complexity index is 652. The smallest absolute Gasteiger partial charge is 0.311 e. The molecule has 1 N–H and O–H groups in total. The topological polar surface area (TPSA) is 73.7 Å². The van der Waals surface area contributed by atoms with Gasteiger partial charge in [-0.05, 0) is 44.2 Å². The Morgan fingerprint density at radius 1 is 1.24 bits per heavy atom. The first-order chi connectivity index (χ1) is 12.1. The average Bonchev–Trinajstić information content (AvgIpc) is 3.16. The van der Waals surface area contributed by atoms with Gasteiger partial charge in [0.15, 0.2) is 0 Å². The number of nitrogens with zero attached hydrogens (tertiary/aromatic N) is 3. The molecule has 6 nitrogen and oxygen atoms in total. The van der Waals surface area contributed by atoms with Crippen LogP contribution in [0.25, 0.3) is 0 Å². The van der Waals surface area contributed by atoms with Gasteiger partial charge in [0.05, 0.1) is 11.0 Å². The van der Waals surface area contributed by atoms with Crippen LogP contribution in [-0.4, -0.2) is 53.0 Å². The number of likely N-dealkylation sites (tertiary alicyclic amines) is 1. The van der Waals surface area contributed by atoms with Crippen molar-refractivity contribution in [2.24, 2.45) is 5.41 Å². The van der Waals surface area contributed by atoms with Crippen molar-refractivity contribution in [1.82, 2.24) is 9.88 Å². The molecule has 0 bridgehead atoms. The Morgan fingerprint density at radius 3 is 2.60 bits per heavy atom. The molecule has 1 atom stereocenters. The molecule has 1 amide bonds. The van der Waals surface area contributed by atoms with Gasteiger partial charge in [-0.1, -0.05) is 6.08 Å². The molecule has 0 saturated carbocycles. The fourth-order valence-corrected chi connectivity index (χ4v) is 3.83. The van der Waals surface area contributed by atoms with Gasteiger partial charge in [-0.15, -0.1) is 6.58 Å². The van der Waals surface area contributed by atoms with Crippen molar-refractivity contribution >= 4 is 17.7 Å². The zero-order chi connectivity index (χ0) is 17.9. The summed E-state index contributed by atoms with van der Waals surface area (Å²) in [5, 5.41) is 9.68. The van der Waals surface area contributed by atoms with E-state index in [9.17, 15) is 14.7 Å². The highest BCUT2D eigenvalue weighted by Gasteiger charge is 2.41. The number of hydrogen-bond acceptors (Lipinski definition) is 4. The van der Waals surface area contributed by atoms with Gasteiger partial charge in [0.2, 0.25) is 0 Å². The summed E-state index contributed by atoms with van der Waals surface area (Å²) < 4.78 is 0. The van der Waals surface area contributed by atoms with Crippen molar-refractivity contribution < 1.29 is 14.7 Å². The van der Waals surface area contributed by atoms with E-state index in [2.05, 4.69) is 11.6 Å². The minimum absolute atomic E-state index is 0.0294.